The first kappa shape index (κ1) is 19.9. The van der Waals surface area contributed by atoms with Gasteiger partial charge in [-0.25, -0.2) is 0 Å². The number of amides is 2. The molecule has 2 aromatic carbocycles. The number of hydrogen-bond acceptors (Lipinski definition) is 3. The van der Waals surface area contributed by atoms with Gasteiger partial charge in [0.2, 0.25) is 11.8 Å². The maximum absolute atomic E-state index is 12.4. The van der Waals surface area contributed by atoms with Gasteiger partial charge in [-0.15, -0.1) is 0 Å². The number of nitrogens with one attached hydrogen (secondary N) is 2. The largest absolute Gasteiger partial charge is 0.376 e. The first-order valence-corrected chi connectivity index (χ1v) is 10.2. The fourth-order valence-electron chi connectivity index (χ4n) is 3.44. The second kappa shape index (κ2) is 10.5. The Bertz CT molecular complexity index is 768. The van der Waals surface area contributed by atoms with Gasteiger partial charge in [-0.3, -0.25) is 9.59 Å². The molecule has 1 fully saturated rings. The molecule has 0 aromatic heterocycles. The molecule has 1 aliphatic rings. The van der Waals surface area contributed by atoms with Gasteiger partial charge in [0.15, 0.2) is 0 Å². The number of carbonyl (C=O) groups excluding carboxylic acids is 2. The smallest absolute Gasteiger partial charge is 0.241 e. The zero-order valence-corrected chi connectivity index (χ0v) is 16.3. The van der Waals surface area contributed by atoms with Gasteiger partial charge in [-0.2, -0.15) is 0 Å². The SMILES string of the molecule is O=C(CCc1ccccc1)Nc1cccc(NCC(=O)N2CCCCCC2)c1. The number of likely N-dealkylation sites (tertiary alicyclic amines) is 1. The average Bonchev–Trinajstić information content (AvgIpc) is 3.01. The summed E-state index contributed by atoms with van der Waals surface area (Å²) in [6.45, 7) is 2.00. The summed E-state index contributed by atoms with van der Waals surface area (Å²) in [6, 6.07) is 17.5. The molecule has 1 aliphatic heterocycles. The van der Waals surface area contributed by atoms with Crippen molar-refractivity contribution in [3.05, 3.63) is 60.2 Å². The van der Waals surface area contributed by atoms with Crippen LogP contribution in [0.3, 0.4) is 0 Å². The van der Waals surface area contributed by atoms with Crippen LogP contribution in [0.2, 0.25) is 0 Å². The Morgan fingerprint density at radius 2 is 1.57 bits per heavy atom. The number of carbonyl (C=O) groups is 2. The maximum Gasteiger partial charge on any atom is 0.241 e. The maximum atomic E-state index is 12.4. The van der Waals surface area contributed by atoms with Crippen molar-refractivity contribution in [3.8, 4) is 0 Å². The molecule has 0 aliphatic carbocycles. The van der Waals surface area contributed by atoms with E-state index in [1.165, 1.54) is 12.8 Å². The lowest BCUT2D eigenvalue weighted by atomic mass is 10.1. The summed E-state index contributed by atoms with van der Waals surface area (Å²) in [7, 11) is 0. The zero-order valence-electron chi connectivity index (χ0n) is 16.3. The molecular weight excluding hydrogens is 350 g/mol. The molecule has 2 aromatic rings. The highest BCUT2D eigenvalue weighted by Crippen LogP contribution is 2.16. The van der Waals surface area contributed by atoms with Gasteiger partial charge in [-0.1, -0.05) is 49.2 Å². The molecule has 0 radical (unpaired) electrons. The van der Waals surface area contributed by atoms with E-state index in [0.29, 0.717) is 6.42 Å². The quantitative estimate of drug-likeness (QED) is 0.762. The Kier molecular flexibility index (Phi) is 7.47. The molecule has 0 bridgehead atoms. The van der Waals surface area contributed by atoms with E-state index in [9.17, 15) is 9.59 Å². The Morgan fingerprint density at radius 1 is 0.857 bits per heavy atom. The normalized spacial score (nSPS) is 14.2. The second-order valence-electron chi connectivity index (χ2n) is 7.26. The van der Waals surface area contributed by atoms with Crippen molar-refractivity contribution < 1.29 is 9.59 Å². The Balaban J connectivity index is 1.46. The van der Waals surface area contributed by atoms with E-state index < -0.39 is 0 Å². The van der Waals surface area contributed by atoms with Crippen LogP contribution in [-0.2, 0) is 16.0 Å². The average molecular weight is 380 g/mol. The van der Waals surface area contributed by atoms with Crippen LogP contribution >= 0.6 is 0 Å². The Labute approximate surface area is 167 Å². The highest BCUT2D eigenvalue weighted by atomic mass is 16.2. The molecule has 2 amide bonds. The lowest BCUT2D eigenvalue weighted by Gasteiger charge is -2.20. The van der Waals surface area contributed by atoms with Crippen molar-refractivity contribution in [2.45, 2.75) is 38.5 Å². The summed E-state index contributed by atoms with van der Waals surface area (Å²) in [4.78, 5) is 26.6. The van der Waals surface area contributed by atoms with Gasteiger partial charge in [0.05, 0.1) is 6.54 Å². The van der Waals surface area contributed by atoms with Crippen LogP contribution < -0.4 is 10.6 Å². The Morgan fingerprint density at radius 3 is 2.32 bits per heavy atom. The highest BCUT2D eigenvalue weighted by Gasteiger charge is 2.15. The fourth-order valence-corrected chi connectivity index (χ4v) is 3.44. The van der Waals surface area contributed by atoms with Crippen LogP contribution in [0.1, 0.15) is 37.7 Å². The van der Waals surface area contributed by atoms with Crippen molar-refractivity contribution in [2.75, 3.05) is 30.3 Å². The zero-order chi connectivity index (χ0) is 19.6. The van der Waals surface area contributed by atoms with Crippen molar-refractivity contribution in [1.82, 2.24) is 4.90 Å². The van der Waals surface area contributed by atoms with E-state index in [2.05, 4.69) is 10.6 Å². The number of nitrogens with zero attached hydrogens (tertiary/aromatic N) is 1. The fraction of sp³-hybridized carbons (Fsp3) is 0.391. The minimum atomic E-state index is -0.0124. The lowest BCUT2D eigenvalue weighted by molar-refractivity contribution is -0.129. The van der Waals surface area contributed by atoms with Gasteiger partial charge in [0.1, 0.15) is 0 Å². The summed E-state index contributed by atoms with van der Waals surface area (Å²) in [5.74, 6) is 0.126. The summed E-state index contributed by atoms with van der Waals surface area (Å²) in [5, 5.41) is 6.13. The molecule has 5 nitrogen and oxygen atoms in total. The molecular formula is C23H29N3O2. The van der Waals surface area contributed by atoms with Gasteiger partial charge in [0.25, 0.3) is 0 Å². The van der Waals surface area contributed by atoms with E-state index in [4.69, 9.17) is 0 Å². The molecule has 5 heteroatoms. The lowest BCUT2D eigenvalue weighted by Crippen LogP contribution is -2.36. The van der Waals surface area contributed by atoms with Crippen LogP contribution in [0.25, 0.3) is 0 Å². The minimum Gasteiger partial charge on any atom is -0.376 e. The van der Waals surface area contributed by atoms with Gasteiger partial charge >= 0.3 is 0 Å². The van der Waals surface area contributed by atoms with Crippen molar-refractivity contribution in [3.63, 3.8) is 0 Å². The number of rotatable bonds is 7. The van der Waals surface area contributed by atoms with E-state index in [1.807, 2.05) is 59.5 Å². The van der Waals surface area contributed by atoms with Crippen LogP contribution in [-0.4, -0.2) is 36.3 Å². The highest BCUT2D eigenvalue weighted by molar-refractivity contribution is 5.91. The minimum absolute atomic E-state index is 0.0124. The number of benzene rings is 2. The van der Waals surface area contributed by atoms with Gasteiger partial charge in [-0.05, 0) is 43.0 Å². The van der Waals surface area contributed by atoms with E-state index in [1.54, 1.807) is 0 Å². The molecule has 2 N–H and O–H groups in total. The molecule has 28 heavy (non-hydrogen) atoms. The summed E-state index contributed by atoms with van der Waals surface area (Å²) in [5.41, 5.74) is 2.73. The summed E-state index contributed by atoms with van der Waals surface area (Å²) >= 11 is 0. The van der Waals surface area contributed by atoms with Gasteiger partial charge in [0, 0.05) is 30.9 Å². The predicted octanol–water partition coefficient (Wildman–Crippen LogP) is 4.07. The summed E-state index contributed by atoms with van der Waals surface area (Å²) in [6.07, 6.45) is 5.77. The standard InChI is InChI=1S/C23H29N3O2/c27-22(14-13-19-9-4-3-5-10-19)25-21-12-8-11-20(17-21)24-18-23(28)26-15-6-1-2-7-16-26/h3-5,8-12,17,24H,1-2,6-7,13-16,18H2,(H,25,27). The molecule has 148 valence electrons. The van der Waals surface area contributed by atoms with Crippen LogP contribution in [0, 0.1) is 0 Å². The molecule has 1 heterocycles. The number of anilines is 2. The second-order valence-corrected chi connectivity index (χ2v) is 7.26. The topological polar surface area (TPSA) is 61.4 Å². The van der Waals surface area contributed by atoms with Crippen LogP contribution in [0.4, 0.5) is 11.4 Å². The third-order valence-electron chi connectivity index (χ3n) is 5.03. The molecule has 3 rings (SSSR count). The first-order valence-electron chi connectivity index (χ1n) is 10.2. The number of hydrogen-bond donors (Lipinski definition) is 2. The Hall–Kier alpha value is -2.82. The predicted molar refractivity (Wildman–Crippen MR) is 113 cm³/mol. The van der Waals surface area contributed by atoms with E-state index in [-0.39, 0.29) is 18.4 Å². The van der Waals surface area contributed by atoms with Crippen molar-refractivity contribution >= 4 is 23.2 Å². The molecule has 0 saturated carbocycles. The van der Waals surface area contributed by atoms with E-state index >= 15 is 0 Å². The third kappa shape index (κ3) is 6.41. The molecule has 0 atom stereocenters. The molecule has 0 spiro atoms. The van der Waals surface area contributed by atoms with E-state index in [0.717, 1.165) is 49.3 Å². The third-order valence-corrected chi connectivity index (χ3v) is 5.03. The molecule has 1 saturated heterocycles. The van der Waals surface area contributed by atoms with Crippen molar-refractivity contribution in [1.29, 1.82) is 0 Å². The van der Waals surface area contributed by atoms with Gasteiger partial charge < -0.3 is 15.5 Å². The van der Waals surface area contributed by atoms with Crippen LogP contribution in [0.15, 0.2) is 54.6 Å². The first-order chi connectivity index (χ1) is 13.7. The van der Waals surface area contributed by atoms with Crippen molar-refractivity contribution in [2.24, 2.45) is 0 Å². The molecule has 0 unspecified atom stereocenters. The summed E-state index contributed by atoms with van der Waals surface area (Å²) < 4.78 is 0. The monoisotopic (exact) mass is 379 g/mol. The van der Waals surface area contributed by atoms with Crippen LogP contribution in [0.5, 0.6) is 0 Å². The number of aryl methyl sites for hydroxylation is 1.